The number of urea groups is 1. The van der Waals surface area contributed by atoms with Crippen molar-refractivity contribution in [1.29, 1.82) is 0 Å². The molecule has 7 aliphatic heterocycles. The van der Waals surface area contributed by atoms with Crippen molar-refractivity contribution in [2.75, 3.05) is 102 Å². The van der Waals surface area contributed by atoms with Crippen LogP contribution in [0.3, 0.4) is 0 Å². The third-order valence-corrected chi connectivity index (χ3v) is 25.5. The molecule has 538 valence electrons. The van der Waals surface area contributed by atoms with Crippen molar-refractivity contribution in [1.82, 2.24) is 40.9 Å². The smallest absolute Gasteiger partial charge is 0.406 e. The Labute approximate surface area is 616 Å². The Morgan fingerprint density at radius 2 is 0.819 bits per heavy atom. The van der Waals surface area contributed by atoms with Gasteiger partial charge in [-0.3, -0.25) is 29.1 Å². The number of rotatable bonds is 11. The lowest BCUT2D eigenvalue weighted by Crippen LogP contribution is -2.58. The van der Waals surface area contributed by atoms with Crippen LogP contribution in [0.2, 0.25) is 0 Å². The van der Waals surface area contributed by atoms with Gasteiger partial charge in [-0.15, -0.1) is 11.6 Å². The van der Waals surface area contributed by atoms with E-state index >= 15 is 0 Å². The molecule has 0 bridgehead atoms. The molecule has 19 nitrogen and oxygen atoms in total. The molecule has 19 rings (SSSR count). The summed E-state index contributed by atoms with van der Waals surface area (Å²) in [6.45, 7) is 6.09. The predicted molar refractivity (Wildman–Crippen MR) is 409 cm³/mol. The molecule has 6 atom stereocenters. The van der Waals surface area contributed by atoms with Gasteiger partial charge in [-0.05, 0) is 149 Å². The molecule has 0 aromatic heterocycles. The Balaban J connectivity index is 0.000000116. The van der Waals surface area contributed by atoms with Crippen LogP contribution in [0.4, 0.5) is 31.4 Å². The van der Waals surface area contributed by atoms with E-state index in [1.807, 2.05) is 87.5 Å². The first kappa shape index (κ1) is 68.2. The van der Waals surface area contributed by atoms with E-state index in [-0.39, 0.29) is 55.0 Å². The highest BCUT2D eigenvalue weighted by atomic mass is 35.5. The molecule has 0 saturated carbocycles. The quantitative estimate of drug-likeness (QED) is 0.0898. The molecular weight excluding hydrogens is 1340 g/mol. The maximum absolute atomic E-state index is 14.0. The van der Waals surface area contributed by atoms with Gasteiger partial charge in [0.1, 0.15) is 5.54 Å². The van der Waals surface area contributed by atoms with E-state index in [1.54, 1.807) is 19.0 Å². The number of likely N-dealkylation sites (tertiary alicyclic amines) is 3. The number of hydrogen-bond acceptors (Lipinski definition) is 12. The van der Waals surface area contributed by atoms with Crippen molar-refractivity contribution >= 4 is 96.9 Å². The van der Waals surface area contributed by atoms with Crippen molar-refractivity contribution in [3.8, 4) is 0 Å². The lowest BCUT2D eigenvalue weighted by atomic mass is 9.91. The number of halogens is 1. The second kappa shape index (κ2) is 27.2. The molecule has 7 heterocycles. The van der Waals surface area contributed by atoms with E-state index in [0.29, 0.717) is 24.7 Å². The number of nitrogens with one attached hydrogen (secondary N) is 4. The highest BCUT2D eigenvalue weighted by molar-refractivity contribution is 6.40. The van der Waals surface area contributed by atoms with Crippen LogP contribution in [0.5, 0.6) is 0 Å². The van der Waals surface area contributed by atoms with Gasteiger partial charge in [-0.25, -0.2) is 14.4 Å². The van der Waals surface area contributed by atoms with E-state index in [1.165, 1.54) is 79.9 Å². The highest BCUT2D eigenvalue weighted by Gasteiger charge is 2.60. The molecule has 4 N–H and O–H groups in total. The normalized spacial score (nSPS) is 24.8. The molecule has 20 heteroatoms. The minimum Gasteiger partial charge on any atom is -0.453 e. The van der Waals surface area contributed by atoms with Gasteiger partial charge in [-0.1, -0.05) is 164 Å². The summed E-state index contributed by atoms with van der Waals surface area (Å²) in [6.07, 6.45) is 7.44. The standard InChI is InChI=1S/C29H32N4O3.C28H28ClN3O3.C28H28N4O2/c1-30-29(18-31-28(35)36-2)23-11-3-4-12-24(23)33(27(29)34)21-13-15-32(16-14-21)25-17-20-9-5-7-19-8-6-10-22(25)26(19)20;1-35-27(34)30-17-28(29)22-10-2-3-11-23(22)32(26(28)33)20-12-14-31(15-13-20)24-16-19-8-4-6-18-7-5-9-21(24)25(18)19;1-30-27(34)29-17-28(30)22-10-2-3-11-23(22)32(26(28)33)20-12-14-31(15-13-20)24-16-19-8-4-6-18-7-5-9-21(24)25(18)19/h3-12,21,25,30H,13-18H2,1-2H3,(H,31,35);2-11,20,24H,12-17H2,1H3,(H,30,34);2-11,20,24H,12-17H2,1H3,(H,29,34). The molecule has 6 unspecified atom stereocenters. The molecule has 1 spiro atoms. The number of benzene rings is 9. The average Bonchev–Trinajstić information content (AvgIpc) is 1.54. The Hall–Kier alpha value is -9.89. The summed E-state index contributed by atoms with van der Waals surface area (Å²) in [6, 6.07) is 64.8. The summed E-state index contributed by atoms with van der Waals surface area (Å²) in [5.41, 5.74) is 12.0. The Morgan fingerprint density at radius 3 is 1.23 bits per heavy atom. The van der Waals surface area contributed by atoms with Gasteiger partial charge in [0.2, 0.25) is 0 Å². The maximum atomic E-state index is 14.0. The second-order valence-corrected chi connectivity index (χ2v) is 30.5. The summed E-state index contributed by atoms with van der Waals surface area (Å²) in [5.74, 6) is -0.154. The number of nitrogens with zero attached hydrogens (tertiary/aromatic N) is 7. The molecule has 7 amide bonds. The van der Waals surface area contributed by atoms with Gasteiger partial charge in [0.25, 0.3) is 17.7 Å². The Bertz CT molecular complexity index is 4960. The number of piperidine rings is 3. The van der Waals surface area contributed by atoms with E-state index in [4.69, 9.17) is 16.3 Å². The first-order valence-electron chi connectivity index (χ1n) is 37.2. The number of alkyl carbamates (subject to hydrolysis) is 2. The monoisotopic (exact) mass is 1430 g/mol. The predicted octanol–water partition coefficient (Wildman–Crippen LogP) is 12.3. The molecule has 3 aliphatic carbocycles. The number of fused-ring (bicyclic) bond motifs is 4. The van der Waals surface area contributed by atoms with Crippen molar-refractivity contribution < 1.29 is 38.2 Å². The fourth-order valence-electron chi connectivity index (χ4n) is 19.8. The van der Waals surface area contributed by atoms with Gasteiger partial charge >= 0.3 is 18.2 Å². The number of likely N-dealkylation sites (N-methyl/N-ethyl adjacent to an activating group) is 2. The van der Waals surface area contributed by atoms with Crippen LogP contribution < -0.4 is 36.0 Å². The molecular formula is C85H88ClN11O8. The number of hydrogen-bond donors (Lipinski definition) is 4. The molecule has 10 aliphatic rings. The highest BCUT2D eigenvalue weighted by Crippen LogP contribution is 2.52. The lowest BCUT2D eigenvalue weighted by Gasteiger charge is -2.40. The largest absolute Gasteiger partial charge is 0.453 e. The van der Waals surface area contributed by atoms with E-state index < -0.39 is 28.1 Å². The molecule has 9 aromatic rings. The number of carbonyl (C=O) groups excluding carboxylic acids is 6. The van der Waals surface area contributed by atoms with Crippen molar-refractivity contribution in [3.05, 3.63) is 232 Å². The average molecular weight is 1430 g/mol. The molecule has 105 heavy (non-hydrogen) atoms. The maximum Gasteiger partial charge on any atom is 0.406 e. The van der Waals surface area contributed by atoms with Crippen LogP contribution in [0.1, 0.15) is 107 Å². The van der Waals surface area contributed by atoms with E-state index in [0.717, 1.165) is 131 Å². The van der Waals surface area contributed by atoms with Gasteiger partial charge < -0.3 is 50.3 Å². The van der Waals surface area contributed by atoms with E-state index in [2.05, 4.69) is 150 Å². The van der Waals surface area contributed by atoms with Crippen LogP contribution in [0.15, 0.2) is 182 Å². The number of anilines is 3. The number of ether oxygens (including phenoxy) is 2. The third kappa shape index (κ3) is 11.1. The van der Waals surface area contributed by atoms with Crippen molar-refractivity contribution in [2.24, 2.45) is 0 Å². The summed E-state index contributed by atoms with van der Waals surface area (Å²) in [5, 5.41) is 19.7. The van der Waals surface area contributed by atoms with Crippen LogP contribution in [0.25, 0.3) is 32.3 Å². The fourth-order valence-corrected chi connectivity index (χ4v) is 20.1. The zero-order chi connectivity index (χ0) is 72.0. The zero-order valence-corrected chi connectivity index (χ0v) is 60.5. The number of alkyl halides is 1. The van der Waals surface area contributed by atoms with Crippen LogP contribution in [0, 0.1) is 0 Å². The van der Waals surface area contributed by atoms with E-state index in [9.17, 15) is 28.8 Å². The molecule has 0 radical (unpaired) electrons. The second-order valence-electron chi connectivity index (χ2n) is 29.9. The number of para-hydroxylation sites is 3. The van der Waals surface area contributed by atoms with Crippen LogP contribution in [-0.2, 0) is 59.1 Å². The molecule has 4 fully saturated rings. The molecule has 9 aromatic carbocycles. The van der Waals surface area contributed by atoms with Gasteiger partial charge in [-0.2, -0.15) is 0 Å². The first-order chi connectivity index (χ1) is 51.2. The van der Waals surface area contributed by atoms with Crippen LogP contribution >= 0.6 is 11.6 Å². The van der Waals surface area contributed by atoms with Crippen molar-refractivity contribution in [2.45, 2.75) is 110 Å². The summed E-state index contributed by atoms with van der Waals surface area (Å²) in [4.78, 5) is 91.4. The van der Waals surface area contributed by atoms with Crippen molar-refractivity contribution in [3.63, 3.8) is 0 Å². The first-order valence-corrected chi connectivity index (χ1v) is 37.6. The Kier molecular flexibility index (Phi) is 17.7. The summed E-state index contributed by atoms with van der Waals surface area (Å²) >= 11 is 6.92. The number of amides is 7. The van der Waals surface area contributed by atoms with Gasteiger partial charge in [0, 0.05) is 111 Å². The summed E-state index contributed by atoms with van der Waals surface area (Å²) < 4.78 is 9.45. The summed E-state index contributed by atoms with van der Waals surface area (Å²) in [7, 11) is 6.14. The fraction of sp³-hybridized carbons (Fsp3) is 0.365. The zero-order valence-electron chi connectivity index (χ0n) is 59.8. The number of methoxy groups -OCH3 is 2. The topological polar surface area (TPSA) is 192 Å². The minimum atomic E-state index is -1.33. The Morgan fingerprint density at radius 1 is 0.457 bits per heavy atom. The lowest BCUT2D eigenvalue weighted by molar-refractivity contribution is -0.127. The SMILES string of the molecule is CN1C(=O)NCC12C(=O)N(C1CCN(C3Cc4cccc5cccc3c45)CC1)c1ccccc12.CNC1(CNC(=O)OC)C(=O)N(C2CCN(C3Cc4cccc5cccc3c45)CC2)c2ccccc21.COC(=O)NCC1(Cl)C(=O)N(C2CCN(C3Cc4cccc5cccc3c45)CC2)c2ccccc21. The third-order valence-electron chi connectivity index (χ3n) is 25.0. The molecule has 4 saturated heterocycles. The number of carbonyl (C=O) groups is 6. The van der Waals surface area contributed by atoms with Gasteiger partial charge in [0.05, 0.1) is 39.5 Å². The van der Waals surface area contributed by atoms with Crippen LogP contribution in [-0.4, -0.2) is 161 Å². The minimum absolute atomic E-state index is 0.0147. The van der Waals surface area contributed by atoms with Gasteiger partial charge in [0.15, 0.2) is 10.4 Å².